The van der Waals surface area contributed by atoms with Gasteiger partial charge >= 0.3 is 5.97 Å². The minimum Gasteiger partial charge on any atom is -0.478 e. The Morgan fingerprint density at radius 3 is 2.67 bits per heavy atom. The van der Waals surface area contributed by atoms with Crippen LogP contribution in [-0.2, 0) is 0 Å². The lowest BCUT2D eigenvalue weighted by Gasteiger charge is -2.24. The van der Waals surface area contributed by atoms with Gasteiger partial charge in [-0.15, -0.1) is 0 Å². The zero-order chi connectivity index (χ0) is 15.2. The molecule has 2 aromatic rings. The van der Waals surface area contributed by atoms with Gasteiger partial charge in [-0.05, 0) is 24.6 Å². The van der Waals surface area contributed by atoms with E-state index in [-0.39, 0.29) is 10.6 Å². The maximum Gasteiger partial charge on any atom is 0.337 e. The van der Waals surface area contributed by atoms with Crippen molar-refractivity contribution in [3.63, 3.8) is 0 Å². The molecule has 1 aromatic heterocycles. The van der Waals surface area contributed by atoms with E-state index in [1.807, 2.05) is 35.2 Å². The van der Waals surface area contributed by atoms with Crippen LogP contribution in [0.3, 0.4) is 0 Å². The number of hydrogen-bond donors (Lipinski definition) is 1. The first-order chi connectivity index (χ1) is 10.1. The van der Waals surface area contributed by atoms with Crippen molar-refractivity contribution in [1.29, 1.82) is 0 Å². The average molecular weight is 305 g/mol. The highest BCUT2D eigenvalue weighted by molar-refractivity contribution is 6.33. The van der Waals surface area contributed by atoms with Gasteiger partial charge in [0.05, 0.1) is 10.6 Å². The van der Waals surface area contributed by atoms with Crippen LogP contribution >= 0.6 is 11.6 Å². The fraction of sp³-hybridized carbons (Fsp3) is 0.250. The van der Waals surface area contributed by atoms with Crippen molar-refractivity contribution in [2.45, 2.75) is 19.8 Å². The highest BCUT2D eigenvalue weighted by Gasteiger charge is 2.15. The Hall–Kier alpha value is -2.07. The second kappa shape index (κ2) is 7.09. The third-order valence-electron chi connectivity index (χ3n) is 3.15. The maximum atomic E-state index is 11.2. The summed E-state index contributed by atoms with van der Waals surface area (Å²) in [5, 5.41) is 9.34. The van der Waals surface area contributed by atoms with Gasteiger partial charge in [-0.25, -0.2) is 9.78 Å². The van der Waals surface area contributed by atoms with Crippen molar-refractivity contribution in [1.82, 2.24) is 4.98 Å². The molecule has 0 aliphatic heterocycles. The number of rotatable bonds is 6. The van der Waals surface area contributed by atoms with Crippen LogP contribution in [0.5, 0.6) is 0 Å². The van der Waals surface area contributed by atoms with E-state index >= 15 is 0 Å². The lowest BCUT2D eigenvalue weighted by molar-refractivity contribution is 0.0697. The van der Waals surface area contributed by atoms with Gasteiger partial charge in [0.1, 0.15) is 5.82 Å². The number of para-hydroxylation sites is 1. The van der Waals surface area contributed by atoms with E-state index in [0.717, 1.165) is 25.1 Å². The van der Waals surface area contributed by atoms with E-state index in [4.69, 9.17) is 11.6 Å². The van der Waals surface area contributed by atoms with Gasteiger partial charge in [-0.1, -0.05) is 43.1 Å². The van der Waals surface area contributed by atoms with E-state index in [0.29, 0.717) is 5.82 Å². The first-order valence-corrected chi connectivity index (χ1v) is 7.22. The molecule has 0 spiro atoms. The fourth-order valence-corrected chi connectivity index (χ4v) is 2.22. The van der Waals surface area contributed by atoms with E-state index in [9.17, 15) is 9.90 Å². The lowest BCUT2D eigenvalue weighted by Crippen LogP contribution is -2.20. The molecule has 1 N–H and O–H groups in total. The molecule has 5 heteroatoms. The third-order valence-corrected chi connectivity index (χ3v) is 3.45. The Kier molecular flexibility index (Phi) is 5.17. The summed E-state index contributed by atoms with van der Waals surface area (Å²) in [4.78, 5) is 17.5. The maximum absolute atomic E-state index is 11.2. The van der Waals surface area contributed by atoms with E-state index < -0.39 is 5.97 Å². The van der Waals surface area contributed by atoms with Crippen LogP contribution in [-0.4, -0.2) is 22.6 Å². The number of pyridine rings is 1. The van der Waals surface area contributed by atoms with Crippen LogP contribution in [0.1, 0.15) is 30.1 Å². The van der Waals surface area contributed by atoms with Crippen LogP contribution in [0.2, 0.25) is 5.02 Å². The molecule has 21 heavy (non-hydrogen) atoms. The third kappa shape index (κ3) is 3.73. The molecule has 0 radical (unpaired) electrons. The normalized spacial score (nSPS) is 10.4. The van der Waals surface area contributed by atoms with Crippen LogP contribution < -0.4 is 4.90 Å². The van der Waals surface area contributed by atoms with Crippen molar-refractivity contribution in [2.75, 3.05) is 11.4 Å². The lowest BCUT2D eigenvalue weighted by atomic mass is 10.2. The highest BCUT2D eigenvalue weighted by atomic mass is 35.5. The van der Waals surface area contributed by atoms with Crippen molar-refractivity contribution in [3.8, 4) is 0 Å². The number of halogens is 1. The number of carboxylic acids is 1. The second-order valence-corrected chi connectivity index (χ2v) is 5.08. The predicted molar refractivity (Wildman–Crippen MR) is 84.6 cm³/mol. The van der Waals surface area contributed by atoms with Crippen molar-refractivity contribution < 1.29 is 9.90 Å². The number of anilines is 2. The molecule has 0 atom stereocenters. The number of benzene rings is 1. The van der Waals surface area contributed by atoms with Crippen LogP contribution in [0, 0.1) is 0 Å². The Balaban J connectivity index is 2.41. The van der Waals surface area contributed by atoms with Gasteiger partial charge in [-0.3, -0.25) is 0 Å². The molecule has 0 bridgehead atoms. The summed E-state index contributed by atoms with van der Waals surface area (Å²) in [6.07, 6.45) is 3.42. The van der Waals surface area contributed by atoms with Gasteiger partial charge in [0.2, 0.25) is 0 Å². The summed E-state index contributed by atoms with van der Waals surface area (Å²) in [5.41, 5.74) is 1.05. The van der Waals surface area contributed by atoms with Gasteiger partial charge in [0.25, 0.3) is 0 Å². The summed E-state index contributed by atoms with van der Waals surface area (Å²) < 4.78 is 0. The number of carbonyl (C=O) groups is 1. The van der Waals surface area contributed by atoms with Gasteiger partial charge in [0, 0.05) is 18.4 Å². The molecule has 0 amide bonds. The van der Waals surface area contributed by atoms with E-state index in [1.54, 1.807) is 0 Å². The van der Waals surface area contributed by atoms with Crippen molar-refractivity contribution in [2.24, 2.45) is 0 Å². The molecule has 1 heterocycles. The first-order valence-electron chi connectivity index (χ1n) is 6.85. The Morgan fingerprint density at radius 1 is 1.33 bits per heavy atom. The minimum atomic E-state index is -1.05. The molecule has 4 nitrogen and oxygen atoms in total. The van der Waals surface area contributed by atoms with Crippen LogP contribution in [0.15, 0.2) is 42.6 Å². The smallest absolute Gasteiger partial charge is 0.337 e. The number of nitrogens with zero attached hydrogens (tertiary/aromatic N) is 2. The molecule has 0 aliphatic carbocycles. The molecule has 110 valence electrons. The molecule has 0 fully saturated rings. The van der Waals surface area contributed by atoms with E-state index in [1.165, 1.54) is 12.3 Å². The SMILES string of the molecule is CCCCN(c1ccccc1)c1cc(C(=O)O)c(Cl)cn1. The fourth-order valence-electron chi connectivity index (χ4n) is 2.04. The Labute approximate surface area is 129 Å². The summed E-state index contributed by atoms with van der Waals surface area (Å²) in [6.45, 7) is 2.88. The summed E-state index contributed by atoms with van der Waals surface area (Å²) in [6, 6.07) is 11.3. The van der Waals surface area contributed by atoms with Gasteiger partial charge in [0.15, 0.2) is 0 Å². The molecule has 0 unspecified atom stereocenters. The molecule has 0 saturated heterocycles. The number of carboxylic acid groups (broad SMARTS) is 1. The molecule has 2 rings (SSSR count). The van der Waals surface area contributed by atoms with Crippen molar-refractivity contribution >= 4 is 29.1 Å². The van der Waals surface area contributed by atoms with Gasteiger partial charge < -0.3 is 10.0 Å². The molecule has 0 saturated carbocycles. The zero-order valence-electron chi connectivity index (χ0n) is 11.8. The highest BCUT2D eigenvalue weighted by Crippen LogP contribution is 2.27. The second-order valence-electron chi connectivity index (χ2n) is 4.67. The Morgan fingerprint density at radius 2 is 2.05 bits per heavy atom. The summed E-state index contributed by atoms with van der Waals surface area (Å²) in [5.74, 6) is -0.455. The van der Waals surface area contributed by atoms with Crippen molar-refractivity contribution in [3.05, 3.63) is 53.2 Å². The molecular weight excluding hydrogens is 288 g/mol. The van der Waals surface area contributed by atoms with Crippen LogP contribution in [0.4, 0.5) is 11.5 Å². The quantitative estimate of drug-likeness (QED) is 0.861. The largest absolute Gasteiger partial charge is 0.478 e. The zero-order valence-corrected chi connectivity index (χ0v) is 12.5. The first kappa shape index (κ1) is 15.3. The molecular formula is C16H17ClN2O2. The standard InChI is InChI=1S/C16H17ClN2O2/c1-2-3-9-19(12-7-5-4-6-8-12)15-10-13(16(20)21)14(17)11-18-15/h4-8,10-11H,2-3,9H2,1H3,(H,20,21). The molecule has 1 aromatic carbocycles. The number of aromatic nitrogens is 1. The number of aromatic carboxylic acids is 1. The Bertz CT molecular complexity index is 617. The average Bonchev–Trinajstić information content (AvgIpc) is 2.50. The predicted octanol–water partition coefficient (Wildman–Crippen LogP) is 4.37. The van der Waals surface area contributed by atoms with E-state index in [2.05, 4.69) is 11.9 Å². The molecule has 0 aliphatic rings. The monoisotopic (exact) mass is 304 g/mol. The van der Waals surface area contributed by atoms with Crippen LogP contribution in [0.25, 0.3) is 0 Å². The van der Waals surface area contributed by atoms with Gasteiger partial charge in [-0.2, -0.15) is 0 Å². The topological polar surface area (TPSA) is 53.4 Å². The number of hydrogen-bond acceptors (Lipinski definition) is 3. The summed E-state index contributed by atoms with van der Waals surface area (Å²) >= 11 is 5.88. The minimum absolute atomic E-state index is 0.0686. The number of unbranched alkanes of at least 4 members (excludes halogenated alkanes) is 1. The summed E-state index contributed by atoms with van der Waals surface area (Å²) in [7, 11) is 0.